The lowest BCUT2D eigenvalue weighted by molar-refractivity contribution is -0.0444. The summed E-state index contributed by atoms with van der Waals surface area (Å²) < 4.78 is 16.7. The van der Waals surface area contributed by atoms with E-state index in [2.05, 4.69) is 33.8 Å². The third-order valence-electron chi connectivity index (χ3n) is 4.84. The Kier molecular flexibility index (Phi) is 2.27. The molecule has 92 valence electrons. The lowest BCUT2D eigenvalue weighted by Gasteiger charge is -2.05. The molecule has 3 nitrogen and oxygen atoms in total. The van der Waals surface area contributed by atoms with E-state index >= 15 is 0 Å². The Labute approximate surface area is 103 Å². The number of ether oxygens (including phenoxy) is 2. The normalized spacial score (nSPS) is 26.5. The Balaban J connectivity index is 1.82. The molecule has 3 heterocycles. The van der Waals surface area contributed by atoms with Crippen molar-refractivity contribution in [2.45, 2.75) is 44.6 Å². The number of rotatable bonds is 2. The van der Waals surface area contributed by atoms with Crippen LogP contribution < -0.4 is 5.66 Å². The number of hydrogen-bond donors (Lipinski definition) is 0. The predicted octanol–water partition coefficient (Wildman–Crippen LogP) is 2.60. The zero-order chi connectivity index (χ0) is 12.3. The maximum absolute atomic E-state index is 5.71. The van der Waals surface area contributed by atoms with E-state index in [9.17, 15) is 0 Å². The summed E-state index contributed by atoms with van der Waals surface area (Å²) in [6, 6.07) is 2.09. The molecule has 17 heavy (non-hydrogen) atoms. The van der Waals surface area contributed by atoms with E-state index in [1.807, 2.05) is 0 Å². The van der Waals surface area contributed by atoms with Crippen LogP contribution in [0.5, 0.6) is 0 Å². The van der Waals surface area contributed by atoms with Crippen molar-refractivity contribution >= 4 is 12.4 Å². The average Bonchev–Trinajstić information content (AvgIpc) is 2.75. The highest BCUT2D eigenvalue weighted by atomic mass is 16.7. The molecule has 1 aromatic heterocycles. The molecule has 0 bridgehead atoms. The molecule has 4 heteroatoms. The fourth-order valence-corrected chi connectivity index (χ4v) is 3.10. The maximum Gasteiger partial charge on any atom is 0.234 e. The third-order valence-corrected chi connectivity index (χ3v) is 4.84. The first-order valence-electron chi connectivity index (χ1n) is 6.26. The molecular formula is C13H19BO3. The largest absolute Gasteiger partial charge is 0.479 e. The molecule has 0 aromatic carbocycles. The molecule has 2 saturated heterocycles. The van der Waals surface area contributed by atoms with Crippen LogP contribution in [0.2, 0.25) is 10.6 Å². The van der Waals surface area contributed by atoms with Crippen molar-refractivity contribution in [3.63, 3.8) is 0 Å². The quantitative estimate of drug-likeness (QED) is 0.737. The van der Waals surface area contributed by atoms with E-state index in [4.69, 9.17) is 13.9 Å². The lowest BCUT2D eigenvalue weighted by Crippen LogP contribution is -2.18. The van der Waals surface area contributed by atoms with Crippen LogP contribution >= 0.6 is 0 Å². The molecule has 2 aliphatic heterocycles. The predicted molar refractivity (Wildman–Crippen MR) is 66.8 cm³/mol. The summed E-state index contributed by atoms with van der Waals surface area (Å²) in [4.78, 5) is 0. The molecule has 3 rings (SSSR count). The van der Waals surface area contributed by atoms with Gasteiger partial charge in [-0.05, 0) is 16.7 Å². The molecule has 2 aliphatic rings. The zero-order valence-corrected chi connectivity index (χ0v) is 10.9. The molecule has 0 saturated carbocycles. The second-order valence-electron chi connectivity index (χ2n) is 6.23. The van der Waals surface area contributed by atoms with Crippen molar-refractivity contribution in [2.75, 3.05) is 13.2 Å². The van der Waals surface area contributed by atoms with Crippen molar-refractivity contribution in [3.05, 3.63) is 17.9 Å². The molecule has 2 fully saturated rings. The van der Waals surface area contributed by atoms with Gasteiger partial charge in [0, 0.05) is 5.56 Å². The Morgan fingerprint density at radius 2 is 1.71 bits per heavy atom. The van der Waals surface area contributed by atoms with Gasteiger partial charge in [0.2, 0.25) is 6.71 Å². The molecule has 0 amide bonds. The Morgan fingerprint density at radius 3 is 2.24 bits per heavy atom. The molecule has 1 aromatic rings. The molecule has 0 aliphatic carbocycles. The SMILES string of the molecule is CC1(C)B(c2cc(C3OCCO3)co2)C1(C)C. The van der Waals surface area contributed by atoms with Crippen LogP contribution in [-0.4, -0.2) is 19.9 Å². The van der Waals surface area contributed by atoms with Gasteiger partial charge < -0.3 is 13.9 Å². The second-order valence-corrected chi connectivity index (χ2v) is 6.23. The standard InChI is InChI=1S/C13H19BO3/c1-12(2)13(3,4)14(12)10-7-9(8-17-10)11-15-5-6-16-11/h7-8,11H,5-6H2,1-4H3. The van der Waals surface area contributed by atoms with Crippen LogP contribution in [0.25, 0.3) is 0 Å². The Bertz CT molecular complexity index is 416. The minimum absolute atomic E-state index is 0.225. The summed E-state index contributed by atoms with van der Waals surface area (Å²) >= 11 is 0. The summed E-state index contributed by atoms with van der Waals surface area (Å²) in [5, 5.41) is 0.610. The van der Waals surface area contributed by atoms with E-state index in [0.717, 1.165) is 11.2 Å². The molecule has 0 unspecified atom stereocenters. The number of furan rings is 1. The van der Waals surface area contributed by atoms with Gasteiger partial charge in [-0.2, -0.15) is 0 Å². The highest BCUT2D eigenvalue weighted by molar-refractivity contribution is 6.88. The summed E-state index contributed by atoms with van der Waals surface area (Å²) in [6.07, 6.45) is 1.55. The third kappa shape index (κ3) is 1.50. The first-order valence-corrected chi connectivity index (χ1v) is 6.26. The molecular weight excluding hydrogens is 215 g/mol. The summed E-state index contributed by atoms with van der Waals surface area (Å²) in [7, 11) is 0. The van der Waals surface area contributed by atoms with Gasteiger partial charge in [0.1, 0.15) is 0 Å². The minimum Gasteiger partial charge on any atom is -0.479 e. The van der Waals surface area contributed by atoms with Crippen LogP contribution in [0.3, 0.4) is 0 Å². The van der Waals surface area contributed by atoms with E-state index in [0.29, 0.717) is 30.6 Å². The summed E-state index contributed by atoms with van der Waals surface area (Å²) in [6.45, 7) is 11.0. The molecule has 0 radical (unpaired) electrons. The van der Waals surface area contributed by atoms with Crippen molar-refractivity contribution < 1.29 is 13.9 Å². The Hall–Kier alpha value is -0.735. The zero-order valence-electron chi connectivity index (χ0n) is 10.9. The van der Waals surface area contributed by atoms with Crippen molar-refractivity contribution in [2.24, 2.45) is 0 Å². The highest BCUT2D eigenvalue weighted by Crippen LogP contribution is 2.73. The fraction of sp³-hybridized carbons (Fsp3) is 0.692. The van der Waals surface area contributed by atoms with Gasteiger partial charge in [0.25, 0.3) is 0 Å². The first kappa shape index (κ1) is 11.4. The van der Waals surface area contributed by atoms with Crippen LogP contribution in [0, 0.1) is 0 Å². The van der Waals surface area contributed by atoms with Gasteiger partial charge in [-0.25, -0.2) is 0 Å². The smallest absolute Gasteiger partial charge is 0.234 e. The van der Waals surface area contributed by atoms with Gasteiger partial charge >= 0.3 is 0 Å². The monoisotopic (exact) mass is 234 g/mol. The van der Waals surface area contributed by atoms with Crippen molar-refractivity contribution in [3.8, 4) is 0 Å². The van der Waals surface area contributed by atoms with Crippen LogP contribution in [0.1, 0.15) is 39.5 Å². The average molecular weight is 234 g/mol. The van der Waals surface area contributed by atoms with Crippen LogP contribution in [0.4, 0.5) is 0 Å². The van der Waals surface area contributed by atoms with Crippen molar-refractivity contribution in [1.82, 2.24) is 0 Å². The highest BCUT2D eigenvalue weighted by Gasteiger charge is 2.69. The molecule has 0 atom stereocenters. The minimum atomic E-state index is -0.225. The number of hydrogen-bond acceptors (Lipinski definition) is 3. The molecule has 0 N–H and O–H groups in total. The van der Waals surface area contributed by atoms with Crippen molar-refractivity contribution in [1.29, 1.82) is 0 Å². The van der Waals surface area contributed by atoms with E-state index < -0.39 is 0 Å². The van der Waals surface area contributed by atoms with E-state index in [-0.39, 0.29) is 6.29 Å². The topological polar surface area (TPSA) is 31.6 Å². The van der Waals surface area contributed by atoms with Crippen LogP contribution in [0.15, 0.2) is 16.7 Å². The first-order chi connectivity index (χ1) is 7.94. The molecule has 0 spiro atoms. The maximum atomic E-state index is 5.71. The summed E-state index contributed by atoms with van der Waals surface area (Å²) in [5.41, 5.74) is 2.07. The van der Waals surface area contributed by atoms with Gasteiger partial charge in [0.05, 0.1) is 25.1 Å². The van der Waals surface area contributed by atoms with E-state index in [1.54, 1.807) is 6.26 Å². The van der Waals surface area contributed by atoms with Crippen LogP contribution in [-0.2, 0) is 9.47 Å². The van der Waals surface area contributed by atoms with Gasteiger partial charge in [-0.1, -0.05) is 27.7 Å². The van der Waals surface area contributed by atoms with Gasteiger partial charge in [-0.3, -0.25) is 0 Å². The van der Waals surface area contributed by atoms with Gasteiger partial charge in [-0.15, -0.1) is 0 Å². The second kappa shape index (κ2) is 3.39. The lowest BCUT2D eigenvalue weighted by atomic mass is 9.56. The summed E-state index contributed by atoms with van der Waals surface area (Å²) in [5.74, 6) is 0. The Morgan fingerprint density at radius 1 is 1.12 bits per heavy atom. The van der Waals surface area contributed by atoms with E-state index in [1.165, 1.54) is 0 Å². The van der Waals surface area contributed by atoms with Gasteiger partial charge in [0.15, 0.2) is 6.29 Å². The fourth-order valence-electron chi connectivity index (χ4n) is 3.10.